The highest BCUT2D eigenvalue weighted by atomic mass is 35.5. The summed E-state index contributed by atoms with van der Waals surface area (Å²) in [5, 5.41) is 6.45. The second-order valence-corrected chi connectivity index (χ2v) is 5.18. The van der Waals surface area contributed by atoms with Crippen LogP contribution in [-0.2, 0) is 9.53 Å². The third-order valence-corrected chi connectivity index (χ3v) is 3.70. The Hall–Kier alpha value is -0.320. The number of ether oxygens (including phenoxy) is 1. The van der Waals surface area contributed by atoms with E-state index in [9.17, 15) is 4.79 Å². The van der Waals surface area contributed by atoms with E-state index in [4.69, 9.17) is 4.74 Å². The van der Waals surface area contributed by atoms with Gasteiger partial charge in [-0.1, -0.05) is 0 Å². The second kappa shape index (κ2) is 6.57. The molecule has 1 aliphatic heterocycles. The number of hydrogen-bond acceptors (Lipinski definition) is 3. The van der Waals surface area contributed by atoms with Crippen molar-refractivity contribution in [3.05, 3.63) is 0 Å². The van der Waals surface area contributed by atoms with Crippen molar-refractivity contribution in [1.29, 1.82) is 0 Å². The zero-order chi connectivity index (χ0) is 11.4. The van der Waals surface area contributed by atoms with Crippen LogP contribution in [-0.4, -0.2) is 39.3 Å². The fourth-order valence-corrected chi connectivity index (χ4v) is 2.40. The van der Waals surface area contributed by atoms with E-state index in [1.54, 1.807) is 7.11 Å². The molecule has 2 aliphatic rings. The number of piperidine rings is 1. The van der Waals surface area contributed by atoms with Gasteiger partial charge in [0, 0.05) is 25.0 Å². The van der Waals surface area contributed by atoms with E-state index in [-0.39, 0.29) is 23.7 Å². The van der Waals surface area contributed by atoms with Crippen LogP contribution in [0.15, 0.2) is 0 Å². The van der Waals surface area contributed by atoms with Crippen molar-refractivity contribution in [2.45, 2.75) is 25.7 Å². The average Bonchev–Trinajstić information content (AvgIpc) is 3.12. The monoisotopic (exact) mass is 262 g/mol. The van der Waals surface area contributed by atoms with Crippen LogP contribution in [0.3, 0.4) is 0 Å². The highest BCUT2D eigenvalue weighted by Gasteiger charge is 2.35. The minimum Gasteiger partial charge on any atom is -0.384 e. The van der Waals surface area contributed by atoms with Gasteiger partial charge in [0.25, 0.3) is 0 Å². The van der Waals surface area contributed by atoms with Crippen molar-refractivity contribution < 1.29 is 9.53 Å². The maximum atomic E-state index is 11.6. The molecule has 0 spiro atoms. The normalized spacial score (nSPS) is 22.6. The molecule has 5 heteroatoms. The molecule has 2 fully saturated rings. The molecule has 2 rings (SSSR count). The van der Waals surface area contributed by atoms with Gasteiger partial charge >= 0.3 is 0 Å². The van der Waals surface area contributed by atoms with Crippen LogP contribution in [0.25, 0.3) is 0 Å². The highest BCUT2D eigenvalue weighted by molar-refractivity contribution is 5.85. The number of carbonyl (C=O) groups is 1. The zero-order valence-electron chi connectivity index (χ0n) is 10.5. The first-order valence-corrected chi connectivity index (χ1v) is 6.23. The van der Waals surface area contributed by atoms with Crippen LogP contribution in [0, 0.1) is 11.3 Å². The molecule has 0 aromatic rings. The maximum absolute atomic E-state index is 11.6. The van der Waals surface area contributed by atoms with Gasteiger partial charge in [-0.2, -0.15) is 0 Å². The Labute approximate surface area is 109 Å². The molecule has 17 heavy (non-hydrogen) atoms. The van der Waals surface area contributed by atoms with Crippen molar-refractivity contribution in [1.82, 2.24) is 10.6 Å². The van der Waals surface area contributed by atoms with Crippen LogP contribution in [0.2, 0.25) is 0 Å². The van der Waals surface area contributed by atoms with E-state index in [1.165, 1.54) is 0 Å². The summed E-state index contributed by atoms with van der Waals surface area (Å²) in [6.45, 7) is 3.59. The van der Waals surface area contributed by atoms with Crippen LogP contribution in [0.4, 0.5) is 0 Å². The second-order valence-electron chi connectivity index (χ2n) is 5.18. The molecule has 0 aromatic carbocycles. The number of carbonyl (C=O) groups excluding carboxylic acids is 1. The molecule has 1 aliphatic carbocycles. The number of hydrogen-bond donors (Lipinski definition) is 2. The molecule has 0 radical (unpaired) electrons. The molecular weight excluding hydrogens is 240 g/mol. The van der Waals surface area contributed by atoms with Gasteiger partial charge < -0.3 is 15.4 Å². The van der Waals surface area contributed by atoms with Gasteiger partial charge in [0.1, 0.15) is 0 Å². The minimum atomic E-state index is 0. The van der Waals surface area contributed by atoms with E-state index in [0.717, 1.165) is 51.9 Å². The minimum absolute atomic E-state index is 0. The molecule has 1 saturated heterocycles. The summed E-state index contributed by atoms with van der Waals surface area (Å²) < 4.78 is 5.31. The lowest BCUT2D eigenvalue weighted by Crippen LogP contribution is -2.47. The molecular formula is C12H23ClN2O2. The number of nitrogens with one attached hydrogen (secondary N) is 2. The summed E-state index contributed by atoms with van der Waals surface area (Å²) in [6.07, 6.45) is 4.33. The fraction of sp³-hybridized carbons (Fsp3) is 0.917. The van der Waals surface area contributed by atoms with E-state index < -0.39 is 0 Å². The first-order chi connectivity index (χ1) is 7.76. The maximum Gasteiger partial charge on any atom is 0.223 e. The summed E-state index contributed by atoms with van der Waals surface area (Å²) >= 11 is 0. The van der Waals surface area contributed by atoms with Crippen molar-refractivity contribution in [2.75, 3.05) is 33.4 Å². The molecule has 1 saturated carbocycles. The fourth-order valence-electron chi connectivity index (χ4n) is 2.40. The van der Waals surface area contributed by atoms with Gasteiger partial charge in [-0.15, -0.1) is 12.4 Å². The Morgan fingerprint density at radius 1 is 1.41 bits per heavy atom. The number of halogens is 1. The van der Waals surface area contributed by atoms with Gasteiger partial charge in [0.2, 0.25) is 5.91 Å². The summed E-state index contributed by atoms with van der Waals surface area (Å²) in [4.78, 5) is 11.6. The first-order valence-electron chi connectivity index (χ1n) is 6.23. The van der Waals surface area contributed by atoms with Crippen LogP contribution < -0.4 is 10.6 Å². The van der Waals surface area contributed by atoms with E-state index in [0.29, 0.717) is 5.92 Å². The number of methoxy groups -OCH3 is 1. The molecule has 0 unspecified atom stereocenters. The van der Waals surface area contributed by atoms with E-state index in [2.05, 4.69) is 10.6 Å². The van der Waals surface area contributed by atoms with Gasteiger partial charge in [-0.05, 0) is 38.8 Å². The summed E-state index contributed by atoms with van der Waals surface area (Å²) in [7, 11) is 1.74. The zero-order valence-corrected chi connectivity index (χ0v) is 11.3. The Bertz CT molecular complexity index is 245. The Balaban J connectivity index is 0.00000144. The average molecular weight is 263 g/mol. The van der Waals surface area contributed by atoms with Crippen molar-refractivity contribution >= 4 is 18.3 Å². The smallest absolute Gasteiger partial charge is 0.223 e. The Kier molecular flexibility index (Phi) is 5.70. The molecule has 100 valence electrons. The van der Waals surface area contributed by atoms with Crippen LogP contribution in [0.5, 0.6) is 0 Å². The predicted octanol–water partition coefficient (Wildman–Crippen LogP) is 0.951. The van der Waals surface area contributed by atoms with Crippen molar-refractivity contribution in [3.63, 3.8) is 0 Å². The molecule has 0 atom stereocenters. The largest absolute Gasteiger partial charge is 0.384 e. The molecule has 2 N–H and O–H groups in total. The Morgan fingerprint density at radius 2 is 2.06 bits per heavy atom. The molecule has 1 amide bonds. The van der Waals surface area contributed by atoms with E-state index >= 15 is 0 Å². The lowest BCUT2D eigenvalue weighted by atomic mass is 9.79. The summed E-state index contributed by atoms with van der Waals surface area (Å²) in [6, 6.07) is 0. The van der Waals surface area contributed by atoms with Crippen molar-refractivity contribution in [2.24, 2.45) is 11.3 Å². The lowest BCUT2D eigenvalue weighted by molar-refractivity contribution is -0.123. The van der Waals surface area contributed by atoms with Gasteiger partial charge in [-0.3, -0.25) is 4.79 Å². The van der Waals surface area contributed by atoms with Gasteiger partial charge in [0.05, 0.1) is 6.61 Å². The van der Waals surface area contributed by atoms with Gasteiger partial charge in [0.15, 0.2) is 0 Å². The Morgan fingerprint density at radius 3 is 2.59 bits per heavy atom. The predicted molar refractivity (Wildman–Crippen MR) is 69.4 cm³/mol. The summed E-state index contributed by atoms with van der Waals surface area (Å²) in [5.41, 5.74) is 0.157. The third-order valence-electron chi connectivity index (χ3n) is 3.70. The highest BCUT2D eigenvalue weighted by Crippen LogP contribution is 2.31. The SMILES string of the molecule is COCC1(CNC(=O)C2CC2)CCNCC1.Cl. The number of amides is 1. The number of rotatable bonds is 5. The molecule has 1 heterocycles. The first kappa shape index (κ1) is 14.7. The van der Waals surface area contributed by atoms with Gasteiger partial charge in [-0.25, -0.2) is 0 Å². The quantitative estimate of drug-likeness (QED) is 0.776. The lowest BCUT2D eigenvalue weighted by Gasteiger charge is -2.37. The van der Waals surface area contributed by atoms with Crippen LogP contribution in [0.1, 0.15) is 25.7 Å². The standard InChI is InChI=1S/C12H22N2O2.ClH/c1-16-9-12(4-6-13-7-5-12)8-14-11(15)10-2-3-10;/h10,13H,2-9H2,1H3,(H,14,15);1H. The molecule has 4 nitrogen and oxygen atoms in total. The third kappa shape index (κ3) is 4.12. The van der Waals surface area contributed by atoms with Crippen LogP contribution >= 0.6 is 12.4 Å². The van der Waals surface area contributed by atoms with Crippen molar-refractivity contribution in [3.8, 4) is 0 Å². The molecule has 0 bridgehead atoms. The topological polar surface area (TPSA) is 50.4 Å². The molecule has 0 aromatic heterocycles. The van der Waals surface area contributed by atoms with E-state index in [1.807, 2.05) is 0 Å². The summed E-state index contributed by atoms with van der Waals surface area (Å²) in [5.74, 6) is 0.551.